The number of nitrogens with zero attached hydrogens (tertiary/aromatic N) is 4. The van der Waals surface area contributed by atoms with Crippen LogP contribution in [0.1, 0.15) is 53.5 Å². The van der Waals surface area contributed by atoms with E-state index in [-0.39, 0.29) is 36.8 Å². The van der Waals surface area contributed by atoms with Crippen LogP contribution in [0.15, 0.2) is 54.7 Å². The number of hydrogen-bond acceptors (Lipinski definition) is 8. The monoisotopic (exact) mass is 627 g/mol. The van der Waals surface area contributed by atoms with E-state index >= 15 is 0 Å². The summed E-state index contributed by atoms with van der Waals surface area (Å²) in [5, 5.41) is 2.92. The highest BCUT2D eigenvalue weighted by molar-refractivity contribution is 5.94. The van der Waals surface area contributed by atoms with Gasteiger partial charge in [-0.25, -0.2) is 14.8 Å². The van der Waals surface area contributed by atoms with E-state index < -0.39 is 29.4 Å². The quantitative estimate of drug-likeness (QED) is 0.329. The van der Waals surface area contributed by atoms with Crippen LogP contribution < -0.4 is 5.32 Å². The maximum Gasteiger partial charge on any atom is 0.419 e. The van der Waals surface area contributed by atoms with Crippen molar-refractivity contribution >= 4 is 29.6 Å². The van der Waals surface area contributed by atoms with Gasteiger partial charge in [0.25, 0.3) is 5.91 Å². The predicted molar refractivity (Wildman–Crippen MR) is 160 cm³/mol. The molecule has 1 aliphatic heterocycles. The molecular formula is C32H36F3N5O5. The van der Waals surface area contributed by atoms with Gasteiger partial charge in [0.15, 0.2) is 0 Å². The Morgan fingerprint density at radius 3 is 2.11 bits per heavy atom. The molecule has 2 aromatic carbocycles. The van der Waals surface area contributed by atoms with Gasteiger partial charge in [0.1, 0.15) is 5.60 Å². The zero-order valence-corrected chi connectivity index (χ0v) is 25.6. The number of esters is 1. The first-order valence-electron chi connectivity index (χ1n) is 14.4. The lowest BCUT2D eigenvalue weighted by atomic mass is 9.98. The molecule has 1 aliphatic rings. The SMILES string of the molecule is COC(=O)Cc1ccccc1CCc1nc(Nc2ccc(C(=O)N3CCN(C(=O)OC(C)(C)C)CC3)cc2)ncc1C(F)(F)F. The summed E-state index contributed by atoms with van der Waals surface area (Å²) in [6.45, 7) is 6.80. The number of methoxy groups -OCH3 is 1. The average Bonchev–Trinajstić information content (AvgIpc) is 2.99. The first kappa shape index (κ1) is 33.2. The molecule has 0 spiro atoms. The van der Waals surface area contributed by atoms with Crippen molar-refractivity contribution in [2.75, 3.05) is 38.6 Å². The Bertz CT molecular complexity index is 1510. The highest BCUT2D eigenvalue weighted by Gasteiger charge is 2.35. The molecule has 1 fully saturated rings. The Balaban J connectivity index is 1.41. The fraction of sp³-hybridized carbons (Fsp3) is 0.406. The molecule has 2 heterocycles. The zero-order chi connectivity index (χ0) is 32.8. The van der Waals surface area contributed by atoms with E-state index in [1.807, 2.05) is 0 Å². The van der Waals surface area contributed by atoms with Crippen LogP contribution in [0.5, 0.6) is 0 Å². The van der Waals surface area contributed by atoms with Crippen molar-refractivity contribution in [3.63, 3.8) is 0 Å². The van der Waals surface area contributed by atoms with Crippen LogP contribution in [-0.4, -0.2) is 76.6 Å². The number of aromatic nitrogens is 2. The fourth-order valence-electron chi connectivity index (χ4n) is 4.79. The van der Waals surface area contributed by atoms with Crippen LogP contribution in [-0.2, 0) is 39.7 Å². The number of anilines is 2. The van der Waals surface area contributed by atoms with Gasteiger partial charge in [0.2, 0.25) is 5.95 Å². The lowest BCUT2D eigenvalue weighted by Gasteiger charge is -2.35. The van der Waals surface area contributed by atoms with Gasteiger partial charge < -0.3 is 24.6 Å². The number of aryl methyl sites for hydroxylation is 2. The molecule has 0 aliphatic carbocycles. The van der Waals surface area contributed by atoms with Gasteiger partial charge in [-0.05, 0) is 69.0 Å². The van der Waals surface area contributed by atoms with E-state index in [2.05, 4.69) is 15.3 Å². The Morgan fingerprint density at radius 2 is 1.51 bits per heavy atom. The van der Waals surface area contributed by atoms with E-state index in [1.54, 1.807) is 79.1 Å². The molecule has 0 unspecified atom stereocenters. The summed E-state index contributed by atoms with van der Waals surface area (Å²) in [5.41, 5.74) is 0.560. The topological polar surface area (TPSA) is 114 Å². The number of alkyl halides is 3. The zero-order valence-electron chi connectivity index (χ0n) is 25.6. The molecule has 0 saturated carbocycles. The molecule has 1 saturated heterocycles. The lowest BCUT2D eigenvalue weighted by Crippen LogP contribution is -2.51. The third kappa shape index (κ3) is 9.16. The smallest absolute Gasteiger partial charge is 0.419 e. The van der Waals surface area contributed by atoms with Gasteiger partial charge in [-0.15, -0.1) is 0 Å². The predicted octanol–water partition coefficient (Wildman–Crippen LogP) is 5.43. The van der Waals surface area contributed by atoms with Gasteiger partial charge in [-0.1, -0.05) is 24.3 Å². The largest absolute Gasteiger partial charge is 0.469 e. The number of amides is 2. The molecule has 3 aromatic rings. The van der Waals surface area contributed by atoms with Gasteiger partial charge in [0.05, 0.1) is 24.8 Å². The number of carbonyl (C=O) groups is 3. The molecule has 2 amide bonds. The second-order valence-corrected chi connectivity index (χ2v) is 11.5. The number of piperazine rings is 1. The highest BCUT2D eigenvalue weighted by Crippen LogP contribution is 2.32. The van der Waals surface area contributed by atoms with E-state index in [0.717, 1.165) is 11.8 Å². The molecule has 10 nitrogen and oxygen atoms in total. The molecule has 13 heteroatoms. The maximum absolute atomic E-state index is 13.8. The average molecular weight is 628 g/mol. The van der Waals surface area contributed by atoms with Crippen molar-refractivity contribution in [3.8, 4) is 0 Å². The van der Waals surface area contributed by atoms with E-state index in [4.69, 9.17) is 9.47 Å². The van der Waals surface area contributed by atoms with E-state index in [1.165, 1.54) is 7.11 Å². The van der Waals surface area contributed by atoms with Crippen LogP contribution in [0, 0.1) is 0 Å². The molecule has 0 bridgehead atoms. The number of hydrogen-bond donors (Lipinski definition) is 1. The Morgan fingerprint density at radius 1 is 0.889 bits per heavy atom. The second-order valence-electron chi connectivity index (χ2n) is 11.5. The van der Waals surface area contributed by atoms with E-state index in [9.17, 15) is 27.6 Å². The Kier molecular flexibility index (Phi) is 10.3. The third-order valence-corrected chi connectivity index (χ3v) is 7.09. The normalized spacial score (nSPS) is 13.8. The van der Waals surface area contributed by atoms with Gasteiger partial charge in [-0.2, -0.15) is 13.2 Å². The minimum atomic E-state index is -4.65. The number of benzene rings is 2. The van der Waals surface area contributed by atoms with Crippen molar-refractivity contribution in [1.29, 1.82) is 0 Å². The van der Waals surface area contributed by atoms with Gasteiger partial charge in [-0.3, -0.25) is 9.59 Å². The summed E-state index contributed by atoms with van der Waals surface area (Å²) in [5.74, 6) is -0.676. The number of carbonyl (C=O) groups excluding carboxylic acids is 3. The number of ether oxygens (including phenoxy) is 2. The second kappa shape index (κ2) is 14.0. The third-order valence-electron chi connectivity index (χ3n) is 7.09. The van der Waals surface area contributed by atoms with Crippen molar-refractivity contribution in [1.82, 2.24) is 19.8 Å². The summed E-state index contributed by atoms with van der Waals surface area (Å²) in [4.78, 5) is 48.4. The summed E-state index contributed by atoms with van der Waals surface area (Å²) in [6, 6.07) is 13.5. The van der Waals surface area contributed by atoms with Crippen molar-refractivity contribution < 1.29 is 37.0 Å². The Hall–Kier alpha value is -4.68. The van der Waals surface area contributed by atoms with Crippen LogP contribution in [0.25, 0.3) is 0 Å². The van der Waals surface area contributed by atoms with Crippen LogP contribution in [0.4, 0.5) is 29.6 Å². The fourth-order valence-corrected chi connectivity index (χ4v) is 4.79. The van der Waals surface area contributed by atoms with Crippen LogP contribution in [0.3, 0.4) is 0 Å². The molecule has 1 N–H and O–H groups in total. The summed E-state index contributed by atoms with van der Waals surface area (Å²) in [7, 11) is 1.28. The molecule has 240 valence electrons. The van der Waals surface area contributed by atoms with E-state index in [0.29, 0.717) is 43.0 Å². The lowest BCUT2D eigenvalue weighted by molar-refractivity contribution is -0.140. The maximum atomic E-state index is 13.8. The first-order chi connectivity index (χ1) is 21.2. The van der Waals surface area contributed by atoms with Crippen molar-refractivity contribution in [2.24, 2.45) is 0 Å². The number of nitrogens with one attached hydrogen (secondary N) is 1. The molecule has 0 atom stereocenters. The van der Waals surface area contributed by atoms with Crippen LogP contribution >= 0.6 is 0 Å². The van der Waals surface area contributed by atoms with Crippen LogP contribution in [0.2, 0.25) is 0 Å². The standard InChI is InChI=1S/C32H36F3N5O5/c1-31(2,3)45-30(43)40-17-15-39(16-18-40)28(42)22-9-12-24(13-10-22)37-29-36-20-25(32(33,34)35)26(38-29)14-11-21-7-5-6-8-23(21)19-27(41)44-4/h5-10,12-13,20H,11,14-19H2,1-4H3,(H,36,37,38). The molecule has 4 rings (SSSR count). The van der Waals surface area contributed by atoms with Gasteiger partial charge >= 0.3 is 18.2 Å². The summed E-state index contributed by atoms with van der Waals surface area (Å²) < 4.78 is 51.5. The minimum Gasteiger partial charge on any atom is -0.469 e. The number of rotatable bonds is 8. The van der Waals surface area contributed by atoms with Crippen molar-refractivity contribution in [2.45, 2.75) is 51.8 Å². The molecular weight excluding hydrogens is 591 g/mol. The molecule has 45 heavy (non-hydrogen) atoms. The minimum absolute atomic E-state index is 0.0101. The molecule has 1 aromatic heterocycles. The highest BCUT2D eigenvalue weighted by atomic mass is 19.4. The Labute approximate surface area is 259 Å². The van der Waals surface area contributed by atoms with Crippen molar-refractivity contribution in [3.05, 3.63) is 82.7 Å². The summed E-state index contributed by atoms with van der Waals surface area (Å²) in [6.07, 6.45) is -4.13. The van der Waals surface area contributed by atoms with Gasteiger partial charge in [0, 0.05) is 43.6 Å². The first-order valence-corrected chi connectivity index (χ1v) is 14.4. The molecule has 0 radical (unpaired) electrons. The number of halogens is 3. The summed E-state index contributed by atoms with van der Waals surface area (Å²) >= 11 is 0.